The summed E-state index contributed by atoms with van der Waals surface area (Å²) in [5.41, 5.74) is 4.84. The lowest BCUT2D eigenvalue weighted by Gasteiger charge is -2.12. The molecule has 2 aromatic heterocycles. The normalized spacial score (nSPS) is 11.6. The number of allylic oxidation sites excluding steroid dienone is 3. The number of aromatic nitrogens is 2. The van der Waals surface area contributed by atoms with Crippen molar-refractivity contribution in [1.82, 2.24) is 9.97 Å². The van der Waals surface area contributed by atoms with E-state index in [0.29, 0.717) is 5.15 Å². The molecular weight excluding hydrogens is 292 g/mol. The van der Waals surface area contributed by atoms with Crippen LogP contribution in [0.4, 0.5) is 0 Å². The highest BCUT2D eigenvalue weighted by Crippen LogP contribution is 2.32. The maximum Gasteiger partial charge on any atom is 0.138 e. The lowest BCUT2D eigenvalue weighted by molar-refractivity contribution is 1.30. The standard InChI is InChI=1S/C19H15ClN2/c1-3-13(4-2)18-15(14-8-6-5-7-9-14)12-16-17(22-18)10-11-21-19(16)20/h3-12H,1H2,2H3/b13-4+. The van der Waals surface area contributed by atoms with E-state index in [0.717, 1.165) is 33.3 Å². The van der Waals surface area contributed by atoms with Crippen LogP contribution in [-0.2, 0) is 0 Å². The van der Waals surface area contributed by atoms with Crippen molar-refractivity contribution in [3.05, 3.63) is 78.2 Å². The molecule has 0 saturated heterocycles. The molecule has 1 aromatic carbocycles. The van der Waals surface area contributed by atoms with E-state index in [1.54, 1.807) is 6.20 Å². The van der Waals surface area contributed by atoms with Crippen LogP contribution in [-0.4, -0.2) is 9.97 Å². The summed E-state index contributed by atoms with van der Waals surface area (Å²) >= 11 is 6.23. The second-order valence-corrected chi connectivity index (χ2v) is 5.23. The Morgan fingerprint density at radius 1 is 1.18 bits per heavy atom. The van der Waals surface area contributed by atoms with E-state index < -0.39 is 0 Å². The quantitative estimate of drug-likeness (QED) is 0.469. The molecule has 0 aliphatic carbocycles. The summed E-state index contributed by atoms with van der Waals surface area (Å²) in [5.74, 6) is 0. The van der Waals surface area contributed by atoms with Crippen LogP contribution in [0.1, 0.15) is 12.6 Å². The second-order valence-electron chi connectivity index (χ2n) is 4.87. The molecule has 3 heteroatoms. The van der Waals surface area contributed by atoms with Crippen molar-refractivity contribution in [2.45, 2.75) is 6.92 Å². The predicted octanol–water partition coefficient (Wildman–Crippen LogP) is 5.54. The topological polar surface area (TPSA) is 25.8 Å². The molecule has 2 heterocycles. The minimum absolute atomic E-state index is 0.467. The Labute approximate surface area is 134 Å². The largest absolute Gasteiger partial charge is 0.247 e. The molecule has 0 atom stereocenters. The highest BCUT2D eigenvalue weighted by Gasteiger charge is 2.13. The third kappa shape index (κ3) is 2.53. The molecule has 0 saturated carbocycles. The third-order valence-electron chi connectivity index (χ3n) is 3.58. The first-order chi connectivity index (χ1) is 10.7. The van der Waals surface area contributed by atoms with Gasteiger partial charge in [-0.2, -0.15) is 0 Å². The summed E-state index contributed by atoms with van der Waals surface area (Å²) in [7, 11) is 0. The van der Waals surface area contributed by atoms with Gasteiger partial charge in [0.25, 0.3) is 0 Å². The molecule has 0 aliphatic heterocycles. The van der Waals surface area contributed by atoms with Gasteiger partial charge in [0, 0.05) is 17.1 Å². The maximum atomic E-state index is 6.23. The van der Waals surface area contributed by atoms with Crippen LogP contribution >= 0.6 is 11.6 Å². The van der Waals surface area contributed by atoms with Crippen molar-refractivity contribution in [3.8, 4) is 11.1 Å². The molecule has 3 rings (SSSR count). The summed E-state index contributed by atoms with van der Waals surface area (Å²) in [6.45, 7) is 5.88. The van der Waals surface area contributed by atoms with Gasteiger partial charge in [-0.1, -0.05) is 60.7 Å². The first-order valence-electron chi connectivity index (χ1n) is 7.04. The molecule has 0 radical (unpaired) electrons. The van der Waals surface area contributed by atoms with Gasteiger partial charge in [0.2, 0.25) is 0 Å². The zero-order valence-electron chi connectivity index (χ0n) is 12.3. The fourth-order valence-corrected chi connectivity index (χ4v) is 2.68. The van der Waals surface area contributed by atoms with Crippen molar-refractivity contribution in [2.24, 2.45) is 0 Å². The average Bonchev–Trinajstić information content (AvgIpc) is 2.57. The van der Waals surface area contributed by atoms with E-state index in [9.17, 15) is 0 Å². The minimum atomic E-state index is 0.467. The molecule has 2 nitrogen and oxygen atoms in total. The predicted molar refractivity (Wildman–Crippen MR) is 93.8 cm³/mol. The van der Waals surface area contributed by atoms with E-state index in [2.05, 4.69) is 29.8 Å². The summed E-state index contributed by atoms with van der Waals surface area (Å²) in [6, 6.07) is 14.1. The molecule has 0 unspecified atom stereocenters. The van der Waals surface area contributed by atoms with Gasteiger partial charge in [0.05, 0.1) is 11.2 Å². The van der Waals surface area contributed by atoms with Gasteiger partial charge in [0.1, 0.15) is 5.15 Å². The number of pyridine rings is 2. The van der Waals surface area contributed by atoms with Gasteiger partial charge >= 0.3 is 0 Å². The Balaban J connectivity index is 2.38. The zero-order valence-corrected chi connectivity index (χ0v) is 13.0. The zero-order chi connectivity index (χ0) is 15.5. The van der Waals surface area contributed by atoms with Crippen molar-refractivity contribution in [1.29, 1.82) is 0 Å². The number of fused-ring (bicyclic) bond motifs is 1. The maximum absolute atomic E-state index is 6.23. The highest BCUT2D eigenvalue weighted by molar-refractivity contribution is 6.34. The van der Waals surface area contributed by atoms with E-state index in [-0.39, 0.29) is 0 Å². The van der Waals surface area contributed by atoms with Gasteiger partial charge in [0.15, 0.2) is 0 Å². The molecule has 0 aliphatic rings. The highest BCUT2D eigenvalue weighted by atomic mass is 35.5. The Morgan fingerprint density at radius 3 is 2.64 bits per heavy atom. The Morgan fingerprint density at radius 2 is 1.95 bits per heavy atom. The Hall–Kier alpha value is -2.45. The number of hydrogen-bond donors (Lipinski definition) is 0. The first kappa shape index (κ1) is 14.5. The number of hydrogen-bond acceptors (Lipinski definition) is 2. The van der Waals surface area contributed by atoms with E-state index in [1.807, 2.05) is 43.3 Å². The SMILES string of the molecule is C=C/C(=C\C)c1nc2ccnc(Cl)c2cc1-c1ccccc1. The molecule has 0 fully saturated rings. The van der Waals surface area contributed by atoms with Crippen LogP contribution in [0.15, 0.2) is 67.4 Å². The Kier molecular flexibility index (Phi) is 4.03. The number of rotatable bonds is 3. The molecule has 3 aromatic rings. The van der Waals surface area contributed by atoms with Crippen LogP contribution in [0.2, 0.25) is 5.15 Å². The molecule has 108 valence electrons. The van der Waals surface area contributed by atoms with E-state index in [4.69, 9.17) is 16.6 Å². The first-order valence-corrected chi connectivity index (χ1v) is 7.42. The van der Waals surface area contributed by atoms with Crippen LogP contribution in [0.25, 0.3) is 27.6 Å². The summed E-state index contributed by atoms with van der Waals surface area (Å²) in [4.78, 5) is 8.94. The van der Waals surface area contributed by atoms with Crippen molar-refractivity contribution >= 4 is 28.1 Å². The summed E-state index contributed by atoms with van der Waals surface area (Å²) < 4.78 is 0. The molecule has 0 bridgehead atoms. The fourth-order valence-electron chi connectivity index (χ4n) is 2.47. The van der Waals surface area contributed by atoms with Crippen LogP contribution < -0.4 is 0 Å². The molecule has 0 spiro atoms. The van der Waals surface area contributed by atoms with Crippen LogP contribution in [0.3, 0.4) is 0 Å². The van der Waals surface area contributed by atoms with Gasteiger partial charge in [-0.25, -0.2) is 9.97 Å². The molecular formula is C19H15ClN2. The number of halogens is 1. The summed E-state index contributed by atoms with van der Waals surface area (Å²) in [5, 5.41) is 1.32. The van der Waals surface area contributed by atoms with Gasteiger partial charge in [-0.15, -0.1) is 0 Å². The van der Waals surface area contributed by atoms with E-state index in [1.165, 1.54) is 0 Å². The van der Waals surface area contributed by atoms with Gasteiger partial charge in [-0.05, 0) is 30.2 Å². The molecule has 0 N–H and O–H groups in total. The Bertz CT molecular complexity index is 867. The monoisotopic (exact) mass is 306 g/mol. The smallest absolute Gasteiger partial charge is 0.138 e. The van der Waals surface area contributed by atoms with Gasteiger partial charge < -0.3 is 0 Å². The summed E-state index contributed by atoms with van der Waals surface area (Å²) in [6.07, 6.45) is 5.51. The van der Waals surface area contributed by atoms with Crippen molar-refractivity contribution < 1.29 is 0 Å². The van der Waals surface area contributed by atoms with Crippen LogP contribution in [0, 0.1) is 0 Å². The number of benzene rings is 1. The van der Waals surface area contributed by atoms with Crippen molar-refractivity contribution in [2.75, 3.05) is 0 Å². The minimum Gasteiger partial charge on any atom is -0.247 e. The average molecular weight is 307 g/mol. The fraction of sp³-hybridized carbons (Fsp3) is 0.0526. The molecule has 22 heavy (non-hydrogen) atoms. The van der Waals surface area contributed by atoms with Crippen molar-refractivity contribution in [3.63, 3.8) is 0 Å². The number of nitrogens with zero attached hydrogens (tertiary/aromatic N) is 2. The lowest BCUT2D eigenvalue weighted by atomic mass is 9.97. The van der Waals surface area contributed by atoms with Crippen LogP contribution in [0.5, 0.6) is 0 Å². The van der Waals surface area contributed by atoms with E-state index >= 15 is 0 Å². The third-order valence-corrected chi connectivity index (χ3v) is 3.88. The second kappa shape index (κ2) is 6.12. The lowest BCUT2D eigenvalue weighted by Crippen LogP contribution is -1.95. The van der Waals surface area contributed by atoms with Gasteiger partial charge in [-0.3, -0.25) is 0 Å². The molecule has 0 amide bonds.